The monoisotopic (exact) mass is 252 g/mol. The lowest BCUT2D eigenvalue weighted by atomic mass is 10.00. The first-order valence-electron chi connectivity index (χ1n) is 5.87. The van der Waals surface area contributed by atoms with Gasteiger partial charge >= 0.3 is 0 Å². The summed E-state index contributed by atoms with van der Waals surface area (Å²) in [7, 11) is 0. The van der Waals surface area contributed by atoms with Crippen molar-refractivity contribution in [1.29, 1.82) is 0 Å². The minimum atomic E-state index is -0.488. The first-order valence-corrected chi connectivity index (χ1v) is 6.25. The molecule has 0 aliphatic heterocycles. The third-order valence-corrected chi connectivity index (χ3v) is 3.30. The minimum absolute atomic E-state index is 0.00470. The molecular formula is C14H14ClFO. The van der Waals surface area contributed by atoms with Gasteiger partial charge in [0.1, 0.15) is 5.82 Å². The van der Waals surface area contributed by atoms with Crippen LogP contribution in [0.2, 0.25) is 5.02 Å². The van der Waals surface area contributed by atoms with Crippen LogP contribution in [0, 0.1) is 5.82 Å². The molecule has 0 amide bonds. The van der Waals surface area contributed by atoms with Crippen molar-refractivity contribution in [3.05, 3.63) is 46.3 Å². The van der Waals surface area contributed by atoms with Crippen LogP contribution in [0.15, 0.2) is 29.8 Å². The van der Waals surface area contributed by atoms with Gasteiger partial charge in [-0.3, -0.25) is 4.79 Å². The highest BCUT2D eigenvalue weighted by molar-refractivity contribution is 6.31. The van der Waals surface area contributed by atoms with E-state index < -0.39 is 5.82 Å². The molecule has 1 nitrogen and oxygen atoms in total. The van der Waals surface area contributed by atoms with Crippen molar-refractivity contribution in [3.63, 3.8) is 0 Å². The summed E-state index contributed by atoms with van der Waals surface area (Å²) >= 11 is 5.68. The Bertz CT molecular complexity index is 465. The zero-order valence-corrected chi connectivity index (χ0v) is 10.3. The number of hydrogen-bond acceptors (Lipinski definition) is 1. The molecule has 0 bridgehead atoms. The van der Waals surface area contributed by atoms with Gasteiger partial charge in [0.25, 0.3) is 0 Å². The summed E-state index contributed by atoms with van der Waals surface area (Å²) in [5.74, 6) is -0.508. The lowest BCUT2D eigenvalue weighted by Crippen LogP contribution is -2.03. The zero-order valence-electron chi connectivity index (χ0n) is 9.51. The summed E-state index contributed by atoms with van der Waals surface area (Å²) in [5.41, 5.74) is 1.31. The molecule has 0 heterocycles. The van der Waals surface area contributed by atoms with E-state index in [1.807, 2.05) is 6.08 Å². The normalized spacial score (nSPS) is 16.2. The molecule has 0 fully saturated rings. The molecule has 0 N–H and O–H groups in total. The minimum Gasteiger partial charge on any atom is -0.289 e. The van der Waals surface area contributed by atoms with Crippen LogP contribution < -0.4 is 0 Å². The maximum atomic E-state index is 13.0. The zero-order chi connectivity index (χ0) is 12.3. The van der Waals surface area contributed by atoms with E-state index in [9.17, 15) is 9.18 Å². The Morgan fingerprint density at radius 3 is 2.82 bits per heavy atom. The van der Waals surface area contributed by atoms with E-state index in [1.165, 1.54) is 18.2 Å². The molecule has 0 radical (unpaired) electrons. The van der Waals surface area contributed by atoms with Crippen LogP contribution in [0.3, 0.4) is 0 Å². The summed E-state index contributed by atoms with van der Waals surface area (Å²) in [6.07, 6.45) is 7.13. The molecule has 0 atom stereocenters. The molecule has 2 rings (SSSR count). The third kappa shape index (κ3) is 2.95. The maximum Gasteiger partial charge on any atom is 0.188 e. The van der Waals surface area contributed by atoms with Gasteiger partial charge in [0.2, 0.25) is 0 Å². The molecule has 17 heavy (non-hydrogen) atoms. The first kappa shape index (κ1) is 12.3. The number of benzene rings is 1. The molecule has 0 aromatic heterocycles. The van der Waals surface area contributed by atoms with Crippen LogP contribution >= 0.6 is 11.6 Å². The molecule has 0 saturated carbocycles. The summed E-state index contributed by atoms with van der Waals surface area (Å²) < 4.78 is 13.0. The predicted molar refractivity (Wildman–Crippen MR) is 66.9 cm³/mol. The van der Waals surface area contributed by atoms with Crippen molar-refractivity contribution in [1.82, 2.24) is 0 Å². The van der Waals surface area contributed by atoms with Gasteiger partial charge in [-0.1, -0.05) is 24.1 Å². The van der Waals surface area contributed by atoms with Crippen molar-refractivity contribution >= 4 is 17.4 Å². The average Bonchev–Trinajstić information content (AvgIpc) is 2.60. The van der Waals surface area contributed by atoms with Crippen molar-refractivity contribution in [2.24, 2.45) is 0 Å². The highest BCUT2D eigenvalue weighted by Crippen LogP contribution is 2.23. The Hall–Kier alpha value is -1.15. The highest BCUT2D eigenvalue weighted by Gasteiger charge is 2.14. The molecule has 1 aromatic rings. The largest absolute Gasteiger partial charge is 0.289 e. The highest BCUT2D eigenvalue weighted by atomic mass is 35.5. The number of rotatable bonds is 2. The number of ketones is 1. The Labute approximate surface area is 105 Å². The van der Waals surface area contributed by atoms with Crippen LogP contribution in [0.25, 0.3) is 0 Å². The van der Waals surface area contributed by atoms with Crippen LogP contribution in [0.5, 0.6) is 0 Å². The van der Waals surface area contributed by atoms with Gasteiger partial charge in [-0.2, -0.15) is 0 Å². The quantitative estimate of drug-likeness (QED) is 0.706. The molecule has 1 aromatic carbocycles. The number of allylic oxidation sites excluding steroid dienone is 2. The Balaban J connectivity index is 2.23. The van der Waals surface area contributed by atoms with Gasteiger partial charge in [0.15, 0.2) is 5.78 Å². The Morgan fingerprint density at radius 2 is 2.06 bits per heavy atom. The second-order valence-corrected chi connectivity index (χ2v) is 4.69. The SMILES string of the molecule is O=C(C1=CCCCCC1)c1ccc(F)c(Cl)c1. The van der Waals surface area contributed by atoms with E-state index in [2.05, 4.69) is 0 Å². The molecule has 1 aliphatic rings. The van der Waals surface area contributed by atoms with E-state index >= 15 is 0 Å². The fourth-order valence-corrected chi connectivity index (χ4v) is 2.22. The second-order valence-electron chi connectivity index (χ2n) is 4.29. The summed E-state index contributed by atoms with van der Waals surface area (Å²) in [4.78, 5) is 12.2. The van der Waals surface area contributed by atoms with Gasteiger partial charge in [-0.25, -0.2) is 4.39 Å². The Morgan fingerprint density at radius 1 is 1.24 bits per heavy atom. The average molecular weight is 253 g/mol. The molecule has 3 heteroatoms. The molecular weight excluding hydrogens is 239 g/mol. The molecule has 0 spiro atoms. The van der Waals surface area contributed by atoms with E-state index in [4.69, 9.17) is 11.6 Å². The molecule has 0 unspecified atom stereocenters. The fourth-order valence-electron chi connectivity index (χ4n) is 2.04. The summed E-state index contributed by atoms with van der Waals surface area (Å²) in [6, 6.07) is 4.15. The molecule has 90 valence electrons. The number of halogens is 2. The van der Waals surface area contributed by atoms with E-state index in [0.29, 0.717) is 5.56 Å². The van der Waals surface area contributed by atoms with Crippen molar-refractivity contribution in [2.45, 2.75) is 32.1 Å². The smallest absolute Gasteiger partial charge is 0.188 e. The van der Waals surface area contributed by atoms with Crippen LogP contribution in [0.4, 0.5) is 4.39 Å². The van der Waals surface area contributed by atoms with Crippen LogP contribution in [0.1, 0.15) is 42.5 Å². The Kier molecular flexibility index (Phi) is 3.95. The number of carbonyl (C=O) groups excluding carboxylic acids is 1. The topological polar surface area (TPSA) is 17.1 Å². The number of Topliss-reactive ketones (excluding diaryl/α,β-unsaturated/α-hetero) is 1. The van der Waals surface area contributed by atoms with Gasteiger partial charge in [-0.05, 0) is 49.5 Å². The van der Waals surface area contributed by atoms with Crippen molar-refractivity contribution < 1.29 is 9.18 Å². The summed E-state index contributed by atoms with van der Waals surface area (Å²) in [6.45, 7) is 0. The molecule has 0 saturated heterocycles. The van der Waals surface area contributed by atoms with E-state index in [0.717, 1.165) is 37.7 Å². The predicted octanol–water partition coefficient (Wildman–Crippen LogP) is 4.55. The lowest BCUT2D eigenvalue weighted by molar-refractivity contribution is 0.103. The van der Waals surface area contributed by atoms with Crippen LogP contribution in [-0.2, 0) is 0 Å². The lowest BCUT2D eigenvalue weighted by Gasteiger charge is -2.05. The van der Waals surface area contributed by atoms with E-state index in [-0.39, 0.29) is 10.8 Å². The maximum absolute atomic E-state index is 13.0. The number of carbonyl (C=O) groups is 1. The number of hydrogen-bond donors (Lipinski definition) is 0. The van der Waals surface area contributed by atoms with E-state index in [1.54, 1.807) is 0 Å². The van der Waals surface area contributed by atoms with Crippen LogP contribution in [-0.4, -0.2) is 5.78 Å². The van der Waals surface area contributed by atoms with Gasteiger partial charge in [-0.15, -0.1) is 0 Å². The summed E-state index contributed by atoms with van der Waals surface area (Å²) in [5, 5.41) is 0.00470. The molecule has 1 aliphatic carbocycles. The van der Waals surface area contributed by atoms with Gasteiger partial charge < -0.3 is 0 Å². The van der Waals surface area contributed by atoms with Gasteiger partial charge in [0.05, 0.1) is 5.02 Å². The first-order chi connectivity index (χ1) is 8.18. The fraction of sp³-hybridized carbons (Fsp3) is 0.357. The second kappa shape index (κ2) is 5.46. The standard InChI is InChI=1S/C14H14ClFO/c15-12-9-11(7-8-13(12)16)14(17)10-5-3-1-2-4-6-10/h5,7-9H,1-4,6H2. The van der Waals surface area contributed by atoms with Crippen molar-refractivity contribution in [2.75, 3.05) is 0 Å². The third-order valence-electron chi connectivity index (χ3n) is 3.01. The van der Waals surface area contributed by atoms with Crippen molar-refractivity contribution in [3.8, 4) is 0 Å². The van der Waals surface area contributed by atoms with Gasteiger partial charge in [0, 0.05) is 5.56 Å².